The normalized spacial score (nSPS) is 12.4. The molecule has 4 aromatic carbocycles. The van der Waals surface area contributed by atoms with E-state index in [0.717, 1.165) is 16.7 Å². The van der Waals surface area contributed by atoms with E-state index in [4.69, 9.17) is 59.4 Å². The number of esters is 2. The molecule has 10 N–H and O–H groups in total. The number of primary amides is 2. The molecule has 19 nitrogen and oxygen atoms in total. The van der Waals surface area contributed by atoms with Gasteiger partial charge >= 0.3 is 30.1 Å². The fraction of sp³-hybridized carbons (Fsp3) is 0.448. The lowest BCUT2D eigenvalue weighted by molar-refractivity contribution is -0.159. The van der Waals surface area contributed by atoms with Crippen LogP contribution in [0.2, 0.25) is 10.0 Å². The van der Waals surface area contributed by atoms with Crippen LogP contribution in [0.15, 0.2) is 109 Å². The number of ether oxygens (including phenoxy) is 4. The van der Waals surface area contributed by atoms with Gasteiger partial charge in [0.1, 0.15) is 30.5 Å². The van der Waals surface area contributed by atoms with Crippen molar-refractivity contribution < 1.29 is 62.4 Å². The zero-order valence-corrected chi connectivity index (χ0v) is 47.4. The Bertz CT molecular complexity index is 2540. The van der Waals surface area contributed by atoms with Crippen molar-refractivity contribution in [3.63, 3.8) is 0 Å². The molecular formula is C58H78Cl2N6O13. The molecule has 79 heavy (non-hydrogen) atoms. The predicted molar refractivity (Wildman–Crippen MR) is 301 cm³/mol. The highest BCUT2D eigenvalue weighted by molar-refractivity contribution is 6.31. The van der Waals surface area contributed by atoms with Gasteiger partial charge in [-0.15, -0.1) is 0 Å². The molecule has 4 atom stereocenters. The Balaban J connectivity index is 0.000000448. The number of benzene rings is 4. The van der Waals surface area contributed by atoms with Crippen LogP contribution < -0.4 is 33.2 Å². The van der Waals surface area contributed by atoms with E-state index >= 15 is 0 Å². The van der Waals surface area contributed by atoms with E-state index in [-0.39, 0.29) is 32.5 Å². The highest BCUT2D eigenvalue weighted by atomic mass is 35.5. The third-order valence-electron chi connectivity index (χ3n) is 11.1. The van der Waals surface area contributed by atoms with Crippen LogP contribution in [-0.2, 0) is 73.8 Å². The van der Waals surface area contributed by atoms with Gasteiger partial charge in [-0.2, -0.15) is 0 Å². The van der Waals surface area contributed by atoms with Gasteiger partial charge in [0.05, 0.1) is 30.7 Å². The van der Waals surface area contributed by atoms with E-state index < -0.39 is 82.9 Å². The minimum absolute atomic E-state index is 0.0503. The molecule has 0 aliphatic heterocycles. The van der Waals surface area contributed by atoms with Gasteiger partial charge in [0.2, 0.25) is 17.7 Å². The van der Waals surface area contributed by atoms with Crippen molar-refractivity contribution in [3.8, 4) is 0 Å². The molecule has 0 bridgehead atoms. The third kappa shape index (κ3) is 31.7. The molecule has 0 aliphatic rings. The average Bonchev–Trinajstić information content (AvgIpc) is 3.37. The average molecular weight is 1140 g/mol. The topological polar surface area (TPSA) is 308 Å². The molecule has 4 rings (SSSR count). The van der Waals surface area contributed by atoms with Crippen LogP contribution in [0.25, 0.3) is 0 Å². The summed E-state index contributed by atoms with van der Waals surface area (Å²) in [7, 11) is 0. The number of nitrogens with two attached hydrogens (primary N) is 3. The number of carboxylic acids is 1. The first kappa shape index (κ1) is 67.9. The van der Waals surface area contributed by atoms with Crippen LogP contribution in [0.5, 0.6) is 0 Å². The van der Waals surface area contributed by atoms with Crippen molar-refractivity contribution in [1.29, 1.82) is 0 Å². The molecule has 21 heteroatoms. The van der Waals surface area contributed by atoms with E-state index in [0.29, 0.717) is 73.6 Å². The molecule has 0 heterocycles. The van der Waals surface area contributed by atoms with Crippen molar-refractivity contribution in [2.24, 2.45) is 29.0 Å². The van der Waals surface area contributed by atoms with Crippen LogP contribution in [0.4, 0.5) is 9.59 Å². The molecular weight excluding hydrogens is 1060 g/mol. The van der Waals surface area contributed by atoms with E-state index in [9.17, 15) is 43.5 Å². The quantitative estimate of drug-likeness (QED) is 0.0167. The van der Waals surface area contributed by atoms with Gasteiger partial charge in [-0.1, -0.05) is 120 Å². The molecule has 0 aromatic heterocycles. The fourth-order valence-electron chi connectivity index (χ4n) is 7.15. The van der Waals surface area contributed by atoms with Crippen molar-refractivity contribution in [2.45, 2.75) is 142 Å². The number of hydrogen-bond acceptors (Lipinski definition) is 13. The largest absolute Gasteiger partial charge is 0.481 e. The number of nitrogens with one attached hydrogen (secondary N) is 3. The summed E-state index contributed by atoms with van der Waals surface area (Å²) in [5.74, 6) is -5.08. The standard InChI is InChI=1S/C29H38ClN3O6.C15H20O4.C14H20ClN3O3/c1-29(2,3)39-25(34)18-22(17-20-11-5-4-6-12-20)27(36)33-24(26(31)35)15-9-10-16-32-28(37)38-19-21-13-7-8-14-23(21)30;1-15(2,3)19-13(16)10-12(14(17)18)9-11-7-5-4-6-8-11;15-11-6-2-1-5-10(11)9-21-14(20)18-8-4-3-7-12(16)13(17)19/h4-8,11-14,22,24H,9-10,15-19H2,1-3H3,(H2,31,35)(H,32,37)(H,33,36);4-8,12H,9-10H2,1-3H3,(H,17,18);1-2,5-6,12H,3-4,7-9,16H2,(H2,17,19)(H,18,20)/t22-,24+;2*12-/m110/s1. The molecule has 0 spiro atoms. The molecule has 432 valence electrons. The lowest BCUT2D eigenvalue weighted by atomic mass is 9.94. The monoisotopic (exact) mass is 1140 g/mol. The number of unbranched alkanes of at least 4 members (excludes halogenated alkanes) is 2. The summed E-state index contributed by atoms with van der Waals surface area (Å²) >= 11 is 12.0. The minimum atomic E-state index is -0.977. The summed E-state index contributed by atoms with van der Waals surface area (Å²) in [6.45, 7) is 11.5. The summed E-state index contributed by atoms with van der Waals surface area (Å²) in [5, 5.41) is 18.2. The van der Waals surface area contributed by atoms with Gasteiger partial charge in [-0.05, 0) is 116 Å². The van der Waals surface area contributed by atoms with E-state index in [1.165, 1.54) is 0 Å². The summed E-state index contributed by atoms with van der Waals surface area (Å²) in [4.78, 5) is 94.7. The zero-order valence-electron chi connectivity index (χ0n) is 45.9. The number of carbonyl (C=O) groups is 8. The first-order valence-corrected chi connectivity index (χ1v) is 26.7. The third-order valence-corrected chi connectivity index (χ3v) is 11.8. The van der Waals surface area contributed by atoms with Gasteiger partial charge in [0.25, 0.3) is 0 Å². The van der Waals surface area contributed by atoms with Crippen LogP contribution in [-0.4, -0.2) is 89.3 Å². The van der Waals surface area contributed by atoms with E-state index in [2.05, 4.69) is 16.0 Å². The van der Waals surface area contributed by atoms with Gasteiger partial charge in [0.15, 0.2) is 0 Å². The Morgan fingerprint density at radius 3 is 1.33 bits per heavy atom. The fourth-order valence-corrected chi connectivity index (χ4v) is 7.53. The number of rotatable bonds is 27. The summed E-state index contributed by atoms with van der Waals surface area (Å²) in [6.07, 6.45) is 2.53. The highest BCUT2D eigenvalue weighted by Gasteiger charge is 2.29. The SMILES string of the molecule is CC(C)(C)OC(=O)C[C@@H](Cc1ccccc1)C(=O)N[C@@H](CCCCNC(=O)OCc1ccccc1Cl)C(N)=O.CC(C)(C)OC(=O)C[C@@H](Cc1ccccc1)C(=O)O.NC(=O)[C@@H](N)CCCCNC(=O)OCc1ccccc1Cl. The van der Waals surface area contributed by atoms with E-state index in [1.54, 1.807) is 77.9 Å². The van der Waals surface area contributed by atoms with E-state index in [1.807, 2.05) is 72.8 Å². The minimum Gasteiger partial charge on any atom is -0.481 e. The lowest BCUT2D eigenvalue weighted by Crippen LogP contribution is -2.47. The number of carbonyl (C=O) groups excluding carboxylic acids is 7. The number of halogens is 2. The Kier molecular flexibility index (Phi) is 31.0. The smallest absolute Gasteiger partial charge is 0.407 e. The maximum Gasteiger partial charge on any atom is 0.407 e. The first-order chi connectivity index (χ1) is 37.2. The highest BCUT2D eigenvalue weighted by Crippen LogP contribution is 2.20. The van der Waals surface area contributed by atoms with Crippen molar-refractivity contribution in [2.75, 3.05) is 13.1 Å². The van der Waals surface area contributed by atoms with Crippen LogP contribution in [0.1, 0.15) is 115 Å². The van der Waals surface area contributed by atoms with Crippen molar-refractivity contribution >= 4 is 71.0 Å². The molecule has 0 saturated carbocycles. The van der Waals surface area contributed by atoms with Crippen molar-refractivity contribution in [1.82, 2.24) is 16.0 Å². The number of aliphatic carboxylic acids is 1. The number of hydrogen-bond donors (Lipinski definition) is 7. The van der Waals surface area contributed by atoms with Crippen molar-refractivity contribution in [3.05, 3.63) is 141 Å². The Morgan fingerprint density at radius 1 is 0.544 bits per heavy atom. The molecule has 0 aliphatic carbocycles. The molecule has 4 aromatic rings. The second-order valence-corrected chi connectivity index (χ2v) is 21.2. The van der Waals surface area contributed by atoms with Crippen LogP contribution in [0, 0.1) is 11.8 Å². The Morgan fingerprint density at radius 2 is 0.937 bits per heavy atom. The molecule has 0 saturated heterocycles. The number of carboxylic acid groups (broad SMARTS) is 1. The second kappa shape index (κ2) is 36.0. The van der Waals surface area contributed by atoms with Crippen LogP contribution >= 0.6 is 23.2 Å². The molecule has 0 radical (unpaired) electrons. The molecule has 0 unspecified atom stereocenters. The zero-order chi connectivity index (χ0) is 59.0. The number of amides is 5. The Labute approximate surface area is 473 Å². The predicted octanol–water partition coefficient (Wildman–Crippen LogP) is 8.51. The molecule has 0 fully saturated rings. The maximum absolute atomic E-state index is 13.1. The molecule has 5 amide bonds. The number of alkyl carbamates (subject to hydrolysis) is 2. The first-order valence-electron chi connectivity index (χ1n) is 25.9. The summed E-state index contributed by atoms with van der Waals surface area (Å²) in [5.41, 5.74) is 18.0. The second-order valence-electron chi connectivity index (χ2n) is 20.3. The van der Waals surface area contributed by atoms with Gasteiger partial charge < -0.3 is 57.2 Å². The van der Waals surface area contributed by atoms with Gasteiger partial charge in [0, 0.05) is 34.3 Å². The van der Waals surface area contributed by atoms with Gasteiger partial charge in [-0.3, -0.25) is 28.8 Å². The van der Waals surface area contributed by atoms with Gasteiger partial charge in [-0.25, -0.2) is 9.59 Å². The lowest BCUT2D eigenvalue weighted by Gasteiger charge is -2.23. The van der Waals surface area contributed by atoms with Crippen LogP contribution in [0.3, 0.4) is 0 Å². The maximum atomic E-state index is 13.1. The Hall–Kier alpha value is -7.22. The summed E-state index contributed by atoms with van der Waals surface area (Å²) in [6, 6.07) is 31.3. The summed E-state index contributed by atoms with van der Waals surface area (Å²) < 4.78 is 20.8.